The van der Waals surface area contributed by atoms with Gasteiger partial charge in [0.05, 0.1) is 7.11 Å². The topological polar surface area (TPSA) is 54.1 Å². The van der Waals surface area contributed by atoms with Gasteiger partial charge in [0.25, 0.3) is 0 Å². The number of carbonyl (C=O) groups excluding carboxylic acids is 1. The number of carbonyl (C=O) groups is 1. The first-order valence-electron chi connectivity index (χ1n) is 5.56. The van der Waals surface area contributed by atoms with E-state index in [1.165, 1.54) is 7.11 Å². The van der Waals surface area contributed by atoms with Crippen LogP contribution in [-0.2, 0) is 16.0 Å². The molecule has 4 nitrogen and oxygen atoms in total. The first kappa shape index (κ1) is 14.5. The number of H-pyrrole nitrogens is 1. The van der Waals surface area contributed by atoms with Gasteiger partial charge in [-0.2, -0.15) is 0 Å². The average Bonchev–Trinajstić information content (AvgIpc) is 2.78. The Bertz CT molecular complexity index is 524. The molecule has 0 spiro atoms. The number of benzene rings is 1. The van der Waals surface area contributed by atoms with Crippen molar-refractivity contribution in [3.63, 3.8) is 0 Å². The summed E-state index contributed by atoms with van der Waals surface area (Å²) in [5, 5.41) is 4.12. The number of nitrogens with one attached hydrogen (secondary N) is 2. The average molecular weight is 269 g/mol. The van der Waals surface area contributed by atoms with Gasteiger partial charge in [0, 0.05) is 23.5 Å². The lowest BCUT2D eigenvalue weighted by Gasteiger charge is -2.12. The van der Waals surface area contributed by atoms with Gasteiger partial charge in [-0.1, -0.05) is 18.2 Å². The van der Waals surface area contributed by atoms with Crippen LogP contribution >= 0.6 is 12.4 Å². The van der Waals surface area contributed by atoms with E-state index in [4.69, 9.17) is 4.74 Å². The van der Waals surface area contributed by atoms with E-state index in [1.54, 1.807) is 7.05 Å². The van der Waals surface area contributed by atoms with Crippen molar-refractivity contribution < 1.29 is 9.53 Å². The number of para-hydroxylation sites is 1. The molecule has 1 heterocycles. The van der Waals surface area contributed by atoms with Crippen LogP contribution in [0.15, 0.2) is 30.5 Å². The second-order valence-electron chi connectivity index (χ2n) is 3.93. The molecule has 2 N–H and O–H groups in total. The number of esters is 1. The van der Waals surface area contributed by atoms with Crippen LogP contribution in [0.2, 0.25) is 0 Å². The standard InChI is InChI=1S/C13H16N2O2.ClH/c1-14-12(13(16)17-2)7-9-8-15-11-6-4-3-5-10(9)11;/h3-6,8,12,14-15H,7H2,1-2H3;1H/t12-;/m0./s1. The number of hydrogen-bond donors (Lipinski definition) is 2. The Morgan fingerprint density at radius 3 is 2.83 bits per heavy atom. The Kier molecular flexibility index (Phi) is 5.19. The van der Waals surface area contributed by atoms with Crippen molar-refractivity contribution in [3.8, 4) is 0 Å². The zero-order valence-corrected chi connectivity index (χ0v) is 11.2. The van der Waals surface area contributed by atoms with Crippen molar-refractivity contribution in [1.29, 1.82) is 0 Å². The largest absolute Gasteiger partial charge is 0.468 e. The number of likely N-dealkylation sites (N-methyl/N-ethyl adjacent to an activating group) is 1. The Labute approximate surface area is 112 Å². The van der Waals surface area contributed by atoms with Crippen molar-refractivity contribution in [3.05, 3.63) is 36.0 Å². The molecule has 1 aromatic carbocycles. The third kappa shape index (κ3) is 2.83. The van der Waals surface area contributed by atoms with E-state index in [-0.39, 0.29) is 24.4 Å². The van der Waals surface area contributed by atoms with E-state index in [1.807, 2.05) is 30.5 Å². The summed E-state index contributed by atoms with van der Waals surface area (Å²) in [6, 6.07) is 7.74. The van der Waals surface area contributed by atoms with Crippen LogP contribution < -0.4 is 5.32 Å². The van der Waals surface area contributed by atoms with Gasteiger partial charge in [0.15, 0.2) is 0 Å². The lowest BCUT2D eigenvalue weighted by Crippen LogP contribution is -2.36. The maximum atomic E-state index is 11.5. The van der Waals surface area contributed by atoms with E-state index < -0.39 is 0 Å². The first-order chi connectivity index (χ1) is 8.26. The molecule has 0 bridgehead atoms. The maximum absolute atomic E-state index is 11.5. The van der Waals surface area contributed by atoms with Gasteiger partial charge in [-0.3, -0.25) is 4.79 Å². The number of fused-ring (bicyclic) bond motifs is 1. The molecular weight excluding hydrogens is 252 g/mol. The number of ether oxygens (including phenoxy) is 1. The molecule has 0 amide bonds. The SMILES string of the molecule is CN[C@@H](Cc1c[nH]c2ccccc12)C(=O)OC.Cl. The third-order valence-corrected chi connectivity index (χ3v) is 2.93. The molecule has 0 saturated heterocycles. The first-order valence-corrected chi connectivity index (χ1v) is 5.56. The molecule has 1 aromatic heterocycles. The van der Waals surface area contributed by atoms with E-state index in [9.17, 15) is 4.79 Å². The second kappa shape index (κ2) is 6.42. The molecule has 0 aliphatic heterocycles. The molecule has 98 valence electrons. The normalized spacial score (nSPS) is 11.9. The van der Waals surface area contributed by atoms with Gasteiger partial charge in [-0.15, -0.1) is 12.4 Å². The van der Waals surface area contributed by atoms with Crippen molar-refractivity contribution in [2.45, 2.75) is 12.5 Å². The van der Waals surface area contributed by atoms with Crippen molar-refractivity contribution in [2.75, 3.05) is 14.2 Å². The zero-order valence-electron chi connectivity index (χ0n) is 10.4. The third-order valence-electron chi connectivity index (χ3n) is 2.93. The summed E-state index contributed by atoms with van der Waals surface area (Å²) in [5.41, 5.74) is 2.20. The van der Waals surface area contributed by atoms with Crippen molar-refractivity contribution in [2.24, 2.45) is 0 Å². The van der Waals surface area contributed by atoms with Crippen molar-refractivity contribution in [1.82, 2.24) is 10.3 Å². The minimum atomic E-state index is -0.306. The monoisotopic (exact) mass is 268 g/mol. The summed E-state index contributed by atoms with van der Waals surface area (Å²) in [4.78, 5) is 14.7. The molecule has 0 aliphatic carbocycles. The Morgan fingerprint density at radius 1 is 1.44 bits per heavy atom. The Morgan fingerprint density at radius 2 is 2.17 bits per heavy atom. The van der Waals surface area contributed by atoms with Crippen LogP contribution in [0.25, 0.3) is 10.9 Å². The van der Waals surface area contributed by atoms with Crippen LogP contribution in [0.5, 0.6) is 0 Å². The molecule has 5 heteroatoms. The molecule has 0 fully saturated rings. The fraction of sp³-hybridized carbons (Fsp3) is 0.308. The highest BCUT2D eigenvalue weighted by atomic mass is 35.5. The summed E-state index contributed by atoms with van der Waals surface area (Å²) in [6.45, 7) is 0. The van der Waals surface area contributed by atoms with E-state index in [0.717, 1.165) is 16.5 Å². The van der Waals surface area contributed by atoms with Gasteiger partial charge in [0.2, 0.25) is 0 Å². The van der Waals surface area contributed by atoms with Crippen LogP contribution in [0.4, 0.5) is 0 Å². The zero-order chi connectivity index (χ0) is 12.3. The van der Waals surface area contributed by atoms with Gasteiger partial charge < -0.3 is 15.0 Å². The van der Waals surface area contributed by atoms with Gasteiger partial charge >= 0.3 is 5.97 Å². The second-order valence-corrected chi connectivity index (χ2v) is 3.93. The molecule has 1 atom stereocenters. The Balaban J connectivity index is 0.00000162. The summed E-state index contributed by atoms with van der Waals surface area (Å²) < 4.78 is 4.75. The number of methoxy groups -OCH3 is 1. The number of aromatic nitrogens is 1. The van der Waals surface area contributed by atoms with Gasteiger partial charge in [-0.05, 0) is 18.7 Å². The number of aromatic amines is 1. The summed E-state index contributed by atoms with van der Waals surface area (Å²) in [6.07, 6.45) is 2.56. The summed E-state index contributed by atoms with van der Waals surface area (Å²) in [5.74, 6) is -0.238. The van der Waals surface area contributed by atoms with E-state index >= 15 is 0 Å². The molecule has 0 unspecified atom stereocenters. The highest BCUT2D eigenvalue weighted by molar-refractivity contribution is 5.85. The van der Waals surface area contributed by atoms with Gasteiger partial charge in [-0.25, -0.2) is 0 Å². The molecule has 0 radical (unpaired) electrons. The molecule has 18 heavy (non-hydrogen) atoms. The minimum Gasteiger partial charge on any atom is -0.468 e. The fourth-order valence-electron chi connectivity index (χ4n) is 1.97. The van der Waals surface area contributed by atoms with Crippen LogP contribution in [-0.4, -0.2) is 31.2 Å². The highest BCUT2D eigenvalue weighted by Gasteiger charge is 2.18. The van der Waals surface area contributed by atoms with Crippen LogP contribution in [0.1, 0.15) is 5.56 Å². The molecule has 2 rings (SSSR count). The quantitative estimate of drug-likeness (QED) is 0.833. The van der Waals surface area contributed by atoms with Crippen LogP contribution in [0, 0.1) is 0 Å². The fourth-order valence-corrected chi connectivity index (χ4v) is 1.97. The molecule has 0 saturated carbocycles. The molecular formula is C13H17ClN2O2. The van der Waals surface area contributed by atoms with Gasteiger partial charge in [0.1, 0.15) is 6.04 Å². The lowest BCUT2D eigenvalue weighted by molar-refractivity contribution is -0.142. The number of halogens is 1. The smallest absolute Gasteiger partial charge is 0.323 e. The Hall–Kier alpha value is -1.52. The summed E-state index contributed by atoms with van der Waals surface area (Å²) >= 11 is 0. The number of hydrogen-bond acceptors (Lipinski definition) is 3. The van der Waals surface area contributed by atoms with Crippen molar-refractivity contribution >= 4 is 29.3 Å². The lowest BCUT2D eigenvalue weighted by atomic mass is 10.1. The van der Waals surface area contributed by atoms with Crippen LogP contribution in [0.3, 0.4) is 0 Å². The summed E-state index contributed by atoms with van der Waals surface area (Å²) in [7, 11) is 3.17. The van der Waals surface area contributed by atoms with E-state index in [2.05, 4.69) is 10.3 Å². The van der Waals surface area contributed by atoms with E-state index in [0.29, 0.717) is 6.42 Å². The highest BCUT2D eigenvalue weighted by Crippen LogP contribution is 2.19. The minimum absolute atomic E-state index is 0. The molecule has 0 aliphatic rings. The predicted octanol–water partition coefficient (Wildman–Crippen LogP) is 1.89. The predicted molar refractivity (Wildman–Crippen MR) is 74.1 cm³/mol. The molecule has 2 aromatic rings. The maximum Gasteiger partial charge on any atom is 0.323 e. The number of rotatable bonds is 4.